The summed E-state index contributed by atoms with van der Waals surface area (Å²) in [5.41, 5.74) is 9.76. The number of hydrogen-bond acceptors (Lipinski definition) is 3. The van der Waals surface area contributed by atoms with Crippen molar-refractivity contribution < 1.29 is 9.18 Å². The van der Waals surface area contributed by atoms with Gasteiger partial charge in [-0.15, -0.1) is 0 Å². The number of hydrogen-bond donors (Lipinski definition) is 2. The maximum atomic E-state index is 13.4. The van der Waals surface area contributed by atoms with Gasteiger partial charge in [0, 0.05) is 29.7 Å². The van der Waals surface area contributed by atoms with E-state index in [2.05, 4.69) is 55.7 Å². The number of carbonyl (C=O) groups is 1. The lowest BCUT2D eigenvalue weighted by molar-refractivity contribution is -0.126. The van der Waals surface area contributed by atoms with Crippen molar-refractivity contribution in [2.45, 2.75) is 78.7 Å². The molecule has 1 aromatic rings. The maximum absolute atomic E-state index is 13.4. The lowest BCUT2D eigenvalue weighted by Gasteiger charge is -2.31. The predicted octanol–water partition coefficient (Wildman–Crippen LogP) is 6.39. The molecule has 0 fully saturated rings. The molecule has 1 unspecified atom stereocenters. The molecule has 1 heterocycles. The number of benzene rings is 1. The Balaban J connectivity index is 1.53. The first-order chi connectivity index (χ1) is 16.0. The molecule has 1 amide bonds. The van der Waals surface area contributed by atoms with Crippen LogP contribution in [-0.4, -0.2) is 11.9 Å². The molecule has 0 radical (unpaired) electrons. The van der Waals surface area contributed by atoms with Gasteiger partial charge in [0.05, 0.1) is 11.4 Å². The van der Waals surface area contributed by atoms with E-state index < -0.39 is 0 Å². The average molecular weight is 452 g/mol. The van der Waals surface area contributed by atoms with Gasteiger partial charge in [-0.3, -0.25) is 9.80 Å². The topological polar surface area (TPSA) is 44.4 Å². The van der Waals surface area contributed by atoms with E-state index in [-0.39, 0.29) is 23.7 Å². The number of carbonyl (C=O) groups excluding carboxylic acids is 1. The standard InChI is InChI=1S/C28H38FN3O/c1-5-8-23(31-28(33)19(6-2)7-3)15-20-9-10-21-16-26-25(18(4)27(20)21)17-30-32(26)24-13-11-22(29)12-14-24/h11-14,16-20,23,30H,5-10,15H2,1-4H3,(H,31,33)/t18-,20+,23?/m0/s1. The van der Waals surface area contributed by atoms with Gasteiger partial charge in [0.15, 0.2) is 0 Å². The molecular weight excluding hydrogens is 413 g/mol. The molecule has 5 heteroatoms. The molecule has 3 aliphatic rings. The van der Waals surface area contributed by atoms with Gasteiger partial charge < -0.3 is 10.7 Å². The molecule has 4 rings (SSSR count). The minimum absolute atomic E-state index is 0.119. The third kappa shape index (κ3) is 4.73. The van der Waals surface area contributed by atoms with Crippen LogP contribution in [0.3, 0.4) is 0 Å². The first kappa shape index (κ1) is 23.6. The molecule has 3 atom stereocenters. The van der Waals surface area contributed by atoms with E-state index in [9.17, 15) is 9.18 Å². The summed E-state index contributed by atoms with van der Waals surface area (Å²) in [5, 5.41) is 5.45. The van der Waals surface area contributed by atoms with Gasteiger partial charge in [0.2, 0.25) is 5.91 Å². The van der Waals surface area contributed by atoms with Crippen LogP contribution in [0.5, 0.6) is 0 Å². The van der Waals surface area contributed by atoms with Crippen LogP contribution in [0, 0.1) is 23.6 Å². The van der Waals surface area contributed by atoms with Crippen LogP contribution in [0.1, 0.15) is 72.6 Å². The molecule has 178 valence electrons. The van der Waals surface area contributed by atoms with Crippen LogP contribution < -0.4 is 15.8 Å². The smallest absolute Gasteiger partial charge is 0.223 e. The monoisotopic (exact) mass is 451 g/mol. The van der Waals surface area contributed by atoms with Crippen molar-refractivity contribution in [2.75, 3.05) is 5.01 Å². The summed E-state index contributed by atoms with van der Waals surface area (Å²) in [7, 11) is 0. The molecule has 1 aromatic carbocycles. The Kier molecular flexibility index (Phi) is 7.26. The summed E-state index contributed by atoms with van der Waals surface area (Å²) in [5.74, 6) is 0.962. The number of nitrogens with one attached hydrogen (secondary N) is 2. The molecular formula is C28H38FN3O. The number of hydrazine groups is 1. The third-order valence-corrected chi connectivity index (χ3v) is 7.70. The van der Waals surface area contributed by atoms with E-state index in [4.69, 9.17) is 0 Å². The molecule has 0 spiro atoms. The molecule has 1 aliphatic heterocycles. The van der Waals surface area contributed by atoms with Gasteiger partial charge in [-0.2, -0.15) is 0 Å². The number of rotatable bonds is 9. The zero-order valence-corrected chi connectivity index (χ0v) is 20.5. The fraction of sp³-hybridized carbons (Fsp3) is 0.536. The summed E-state index contributed by atoms with van der Waals surface area (Å²) < 4.78 is 13.4. The van der Waals surface area contributed by atoms with Crippen LogP contribution in [-0.2, 0) is 4.79 Å². The summed E-state index contributed by atoms with van der Waals surface area (Å²) in [6.07, 6.45) is 11.6. The SMILES string of the molecule is CCCC(C[C@H]1CCC2=C1[C@@H](C)C1=CNN(c3ccc(F)cc3)C1=C2)NC(=O)C(CC)CC. The minimum Gasteiger partial charge on any atom is -0.353 e. The van der Waals surface area contributed by atoms with Gasteiger partial charge >= 0.3 is 0 Å². The van der Waals surface area contributed by atoms with E-state index in [1.165, 1.54) is 29.0 Å². The Morgan fingerprint density at radius 1 is 1.21 bits per heavy atom. The lowest BCUT2D eigenvalue weighted by atomic mass is 9.78. The first-order valence-corrected chi connectivity index (χ1v) is 12.7. The van der Waals surface area contributed by atoms with E-state index in [0.717, 1.165) is 50.6 Å². The van der Waals surface area contributed by atoms with Gasteiger partial charge in [-0.1, -0.05) is 39.7 Å². The van der Waals surface area contributed by atoms with E-state index >= 15 is 0 Å². The number of anilines is 1. The van der Waals surface area contributed by atoms with E-state index in [1.807, 2.05) is 12.1 Å². The average Bonchev–Trinajstić information content (AvgIpc) is 3.40. The second kappa shape index (κ2) is 10.1. The van der Waals surface area contributed by atoms with Crippen LogP contribution in [0.25, 0.3) is 0 Å². The summed E-state index contributed by atoms with van der Waals surface area (Å²) in [6.45, 7) is 8.71. The summed E-state index contributed by atoms with van der Waals surface area (Å²) in [6, 6.07) is 6.86. The highest BCUT2D eigenvalue weighted by Gasteiger charge is 2.38. The Morgan fingerprint density at radius 3 is 2.61 bits per heavy atom. The summed E-state index contributed by atoms with van der Waals surface area (Å²) in [4.78, 5) is 12.8. The van der Waals surface area contributed by atoms with Crippen molar-refractivity contribution in [2.24, 2.45) is 17.8 Å². The highest BCUT2D eigenvalue weighted by Crippen LogP contribution is 2.49. The summed E-state index contributed by atoms with van der Waals surface area (Å²) >= 11 is 0. The fourth-order valence-corrected chi connectivity index (χ4v) is 5.88. The lowest BCUT2D eigenvalue weighted by Crippen LogP contribution is -2.40. The van der Waals surface area contributed by atoms with Crippen molar-refractivity contribution in [1.82, 2.24) is 10.7 Å². The molecule has 2 N–H and O–H groups in total. The van der Waals surface area contributed by atoms with Gasteiger partial charge in [-0.05, 0) is 80.4 Å². The molecule has 2 aliphatic carbocycles. The minimum atomic E-state index is -0.223. The Hall–Kier alpha value is -2.56. The number of amides is 1. The quantitative estimate of drug-likeness (QED) is 0.457. The fourth-order valence-electron chi connectivity index (χ4n) is 5.88. The Bertz CT molecular complexity index is 958. The molecule has 0 saturated carbocycles. The van der Waals surface area contributed by atoms with Crippen molar-refractivity contribution in [1.29, 1.82) is 0 Å². The molecule has 33 heavy (non-hydrogen) atoms. The first-order valence-electron chi connectivity index (χ1n) is 12.7. The van der Waals surface area contributed by atoms with Crippen molar-refractivity contribution in [3.8, 4) is 0 Å². The second-order valence-corrected chi connectivity index (χ2v) is 9.75. The Morgan fingerprint density at radius 2 is 1.94 bits per heavy atom. The number of allylic oxidation sites excluding steroid dienone is 4. The van der Waals surface area contributed by atoms with Crippen LogP contribution >= 0.6 is 0 Å². The zero-order valence-electron chi connectivity index (χ0n) is 20.5. The number of fused-ring (bicyclic) bond motifs is 1. The third-order valence-electron chi connectivity index (χ3n) is 7.70. The maximum Gasteiger partial charge on any atom is 0.223 e. The largest absolute Gasteiger partial charge is 0.353 e. The highest BCUT2D eigenvalue weighted by atomic mass is 19.1. The van der Waals surface area contributed by atoms with Crippen molar-refractivity contribution in [3.63, 3.8) is 0 Å². The molecule has 0 bridgehead atoms. The van der Waals surface area contributed by atoms with Gasteiger partial charge in [0.25, 0.3) is 0 Å². The number of halogens is 1. The normalized spacial score (nSPS) is 22.5. The molecule has 4 nitrogen and oxygen atoms in total. The zero-order chi connectivity index (χ0) is 23.5. The predicted molar refractivity (Wildman–Crippen MR) is 133 cm³/mol. The second-order valence-electron chi connectivity index (χ2n) is 9.75. The highest BCUT2D eigenvalue weighted by molar-refractivity contribution is 5.78. The van der Waals surface area contributed by atoms with Gasteiger partial charge in [-0.25, -0.2) is 4.39 Å². The van der Waals surface area contributed by atoms with Crippen LogP contribution in [0.4, 0.5) is 10.1 Å². The molecule has 0 saturated heterocycles. The van der Waals surface area contributed by atoms with E-state index in [1.54, 1.807) is 5.57 Å². The van der Waals surface area contributed by atoms with Gasteiger partial charge in [0.1, 0.15) is 5.82 Å². The molecule has 0 aromatic heterocycles. The van der Waals surface area contributed by atoms with Crippen LogP contribution in [0.2, 0.25) is 0 Å². The van der Waals surface area contributed by atoms with Crippen molar-refractivity contribution >= 4 is 11.6 Å². The number of nitrogens with zero attached hydrogens (tertiary/aromatic N) is 1. The van der Waals surface area contributed by atoms with Crippen LogP contribution in [0.15, 0.2) is 59.0 Å². The van der Waals surface area contributed by atoms with Crippen molar-refractivity contribution in [3.05, 3.63) is 64.8 Å². The van der Waals surface area contributed by atoms with E-state index in [0.29, 0.717) is 11.8 Å². The Labute approximate surface area is 198 Å².